The molecule has 3 rings (SSSR count). The van der Waals surface area contributed by atoms with Crippen molar-refractivity contribution in [3.8, 4) is 0 Å². The molecule has 0 radical (unpaired) electrons. The second-order valence-electron chi connectivity index (χ2n) is 5.15. The van der Waals surface area contributed by atoms with E-state index in [2.05, 4.69) is 20.6 Å². The van der Waals surface area contributed by atoms with Crippen molar-refractivity contribution < 1.29 is 9.53 Å². The number of aromatic nitrogens is 2. The maximum atomic E-state index is 11.8. The van der Waals surface area contributed by atoms with Gasteiger partial charge in [0.2, 0.25) is 5.91 Å². The highest BCUT2D eigenvalue weighted by Gasteiger charge is 2.21. The van der Waals surface area contributed by atoms with Crippen LogP contribution in [0.4, 0.5) is 5.82 Å². The van der Waals surface area contributed by atoms with Crippen molar-refractivity contribution in [2.45, 2.75) is 19.4 Å². The number of hydrogen-bond acceptors (Lipinski definition) is 5. The lowest BCUT2D eigenvalue weighted by Crippen LogP contribution is -2.25. The first-order valence-electron chi connectivity index (χ1n) is 7.07. The lowest BCUT2D eigenvalue weighted by Gasteiger charge is -2.06. The summed E-state index contributed by atoms with van der Waals surface area (Å²) in [6.07, 6.45) is 0.748. The largest absolute Gasteiger partial charge is 0.372 e. The zero-order valence-electron chi connectivity index (χ0n) is 11.9. The molecule has 0 bridgehead atoms. The molecule has 2 N–H and O–H groups in total. The Balaban J connectivity index is 1.54. The van der Waals surface area contributed by atoms with Crippen LogP contribution in [0.5, 0.6) is 0 Å². The third-order valence-electron chi connectivity index (χ3n) is 3.26. The van der Waals surface area contributed by atoms with E-state index in [0.29, 0.717) is 30.5 Å². The standard InChI is InChI=1S/C15H18N4O2/c1-10-2-3-11-4-5-13(19-15(11)17-10)18-14(20)6-7-16-8-12-9-21-12/h2-5,12,16H,6-9H2,1H3,(H,17,18,19,20). The number of amides is 1. The molecule has 110 valence electrons. The highest BCUT2D eigenvalue weighted by atomic mass is 16.6. The summed E-state index contributed by atoms with van der Waals surface area (Å²) in [4.78, 5) is 20.5. The lowest BCUT2D eigenvalue weighted by atomic mass is 10.2. The second-order valence-corrected chi connectivity index (χ2v) is 5.15. The molecule has 0 aliphatic carbocycles. The summed E-state index contributed by atoms with van der Waals surface area (Å²) >= 11 is 0. The second kappa shape index (κ2) is 6.15. The monoisotopic (exact) mass is 286 g/mol. The quantitative estimate of drug-likeness (QED) is 0.617. The third-order valence-corrected chi connectivity index (χ3v) is 3.26. The van der Waals surface area contributed by atoms with Crippen LogP contribution in [0.3, 0.4) is 0 Å². The number of aryl methyl sites for hydroxylation is 1. The van der Waals surface area contributed by atoms with Crippen LogP contribution in [0, 0.1) is 6.92 Å². The number of rotatable bonds is 6. The number of carbonyl (C=O) groups excluding carboxylic acids is 1. The molecule has 2 aromatic heterocycles. The fourth-order valence-corrected chi connectivity index (χ4v) is 2.02. The Hall–Kier alpha value is -2.05. The number of fused-ring (bicyclic) bond motifs is 1. The zero-order valence-corrected chi connectivity index (χ0v) is 11.9. The predicted molar refractivity (Wildman–Crippen MR) is 80.1 cm³/mol. The van der Waals surface area contributed by atoms with Gasteiger partial charge in [-0.2, -0.15) is 0 Å². The molecule has 1 fully saturated rings. The van der Waals surface area contributed by atoms with Gasteiger partial charge in [-0.3, -0.25) is 4.79 Å². The molecule has 6 heteroatoms. The van der Waals surface area contributed by atoms with Crippen molar-refractivity contribution in [2.24, 2.45) is 0 Å². The number of pyridine rings is 2. The van der Waals surface area contributed by atoms with Gasteiger partial charge in [0, 0.05) is 30.6 Å². The van der Waals surface area contributed by atoms with E-state index in [1.165, 1.54) is 0 Å². The van der Waals surface area contributed by atoms with Gasteiger partial charge in [0.05, 0.1) is 12.7 Å². The van der Waals surface area contributed by atoms with E-state index >= 15 is 0 Å². The minimum Gasteiger partial charge on any atom is -0.372 e. The molecule has 0 saturated carbocycles. The molecule has 6 nitrogen and oxygen atoms in total. The minimum atomic E-state index is -0.0567. The first-order valence-corrected chi connectivity index (χ1v) is 7.07. The molecule has 2 aromatic rings. The van der Waals surface area contributed by atoms with Crippen LogP contribution in [0.25, 0.3) is 11.0 Å². The summed E-state index contributed by atoms with van der Waals surface area (Å²) in [5, 5.41) is 6.94. The molecule has 0 aromatic carbocycles. The molecular formula is C15H18N4O2. The van der Waals surface area contributed by atoms with E-state index in [9.17, 15) is 4.79 Å². The van der Waals surface area contributed by atoms with E-state index in [1.54, 1.807) is 6.07 Å². The Bertz CT molecular complexity index is 655. The predicted octanol–water partition coefficient (Wildman–Crippen LogP) is 1.26. The Morgan fingerprint density at radius 1 is 1.33 bits per heavy atom. The van der Waals surface area contributed by atoms with E-state index in [-0.39, 0.29) is 5.91 Å². The Kier molecular flexibility index (Phi) is 4.08. The van der Waals surface area contributed by atoms with Gasteiger partial charge in [0.15, 0.2) is 5.65 Å². The number of ether oxygens (including phenoxy) is 1. The smallest absolute Gasteiger partial charge is 0.226 e. The van der Waals surface area contributed by atoms with Gasteiger partial charge < -0.3 is 15.4 Å². The van der Waals surface area contributed by atoms with Gasteiger partial charge >= 0.3 is 0 Å². The van der Waals surface area contributed by atoms with E-state index in [1.807, 2.05) is 25.1 Å². The van der Waals surface area contributed by atoms with Crippen LogP contribution in [-0.2, 0) is 9.53 Å². The van der Waals surface area contributed by atoms with Crippen molar-refractivity contribution in [3.63, 3.8) is 0 Å². The average molecular weight is 286 g/mol. The van der Waals surface area contributed by atoms with Gasteiger partial charge in [-0.05, 0) is 31.2 Å². The fourth-order valence-electron chi connectivity index (χ4n) is 2.02. The topological polar surface area (TPSA) is 79.4 Å². The SMILES string of the molecule is Cc1ccc2ccc(NC(=O)CCNCC3CO3)nc2n1. The van der Waals surface area contributed by atoms with Crippen LogP contribution in [0.2, 0.25) is 0 Å². The van der Waals surface area contributed by atoms with Crippen LogP contribution in [-0.4, -0.2) is 41.7 Å². The van der Waals surface area contributed by atoms with Crippen molar-refractivity contribution in [1.29, 1.82) is 0 Å². The number of epoxide rings is 1. The van der Waals surface area contributed by atoms with Gasteiger partial charge in [0.1, 0.15) is 5.82 Å². The Labute approximate surface area is 122 Å². The molecule has 1 aliphatic heterocycles. The molecule has 1 aliphatic rings. The highest BCUT2D eigenvalue weighted by molar-refractivity contribution is 5.91. The first-order chi connectivity index (χ1) is 10.2. The van der Waals surface area contributed by atoms with Gasteiger partial charge in [0.25, 0.3) is 0 Å². The highest BCUT2D eigenvalue weighted by Crippen LogP contribution is 2.14. The molecule has 1 unspecified atom stereocenters. The first kappa shape index (κ1) is 13.9. The van der Waals surface area contributed by atoms with Crippen molar-refractivity contribution in [3.05, 3.63) is 30.0 Å². The minimum absolute atomic E-state index is 0.0567. The van der Waals surface area contributed by atoms with E-state index in [4.69, 9.17) is 4.74 Å². The Morgan fingerprint density at radius 2 is 2.14 bits per heavy atom. The van der Waals surface area contributed by atoms with E-state index in [0.717, 1.165) is 24.2 Å². The zero-order chi connectivity index (χ0) is 14.7. The molecule has 21 heavy (non-hydrogen) atoms. The summed E-state index contributed by atoms with van der Waals surface area (Å²) in [5.41, 5.74) is 1.56. The molecule has 1 atom stereocenters. The van der Waals surface area contributed by atoms with Crippen LogP contribution in [0.15, 0.2) is 24.3 Å². The molecule has 3 heterocycles. The summed E-state index contributed by atoms with van der Waals surface area (Å²) in [7, 11) is 0. The summed E-state index contributed by atoms with van der Waals surface area (Å²) < 4.78 is 5.08. The van der Waals surface area contributed by atoms with Crippen LogP contribution in [0.1, 0.15) is 12.1 Å². The van der Waals surface area contributed by atoms with Crippen molar-refractivity contribution >= 4 is 22.8 Å². The van der Waals surface area contributed by atoms with Crippen LogP contribution < -0.4 is 10.6 Å². The summed E-state index contributed by atoms with van der Waals surface area (Å²) in [6.45, 7) is 4.19. The normalized spacial score (nSPS) is 16.9. The Morgan fingerprint density at radius 3 is 2.95 bits per heavy atom. The molecule has 1 saturated heterocycles. The van der Waals surface area contributed by atoms with Gasteiger partial charge in [-0.15, -0.1) is 0 Å². The van der Waals surface area contributed by atoms with Crippen LogP contribution >= 0.6 is 0 Å². The van der Waals surface area contributed by atoms with Gasteiger partial charge in [-0.1, -0.05) is 0 Å². The number of nitrogens with zero attached hydrogens (tertiary/aromatic N) is 2. The van der Waals surface area contributed by atoms with E-state index < -0.39 is 0 Å². The van der Waals surface area contributed by atoms with Crippen molar-refractivity contribution in [1.82, 2.24) is 15.3 Å². The number of hydrogen-bond donors (Lipinski definition) is 2. The summed E-state index contributed by atoms with van der Waals surface area (Å²) in [5.74, 6) is 0.481. The molecule has 0 spiro atoms. The fraction of sp³-hybridized carbons (Fsp3) is 0.400. The third kappa shape index (κ3) is 3.96. The van der Waals surface area contributed by atoms with Gasteiger partial charge in [-0.25, -0.2) is 9.97 Å². The maximum absolute atomic E-state index is 11.8. The number of anilines is 1. The number of nitrogens with one attached hydrogen (secondary N) is 2. The summed E-state index contributed by atoms with van der Waals surface area (Å²) in [6, 6.07) is 7.62. The average Bonchev–Trinajstić information content (AvgIpc) is 3.27. The molecular weight excluding hydrogens is 268 g/mol. The number of carbonyl (C=O) groups is 1. The molecule has 1 amide bonds. The van der Waals surface area contributed by atoms with Crippen molar-refractivity contribution in [2.75, 3.05) is 25.0 Å². The lowest BCUT2D eigenvalue weighted by molar-refractivity contribution is -0.116. The maximum Gasteiger partial charge on any atom is 0.226 e.